The molecule has 0 spiro atoms. The highest BCUT2D eigenvalue weighted by Gasteiger charge is 2.20. The number of ether oxygens (including phenoxy) is 3. The molecule has 0 radical (unpaired) electrons. The van der Waals surface area contributed by atoms with Crippen molar-refractivity contribution in [1.29, 1.82) is 0 Å². The van der Waals surface area contributed by atoms with E-state index in [0.29, 0.717) is 18.1 Å². The highest BCUT2D eigenvalue weighted by atomic mass is 16.7. The van der Waals surface area contributed by atoms with Crippen LogP contribution in [0.5, 0.6) is 17.2 Å². The van der Waals surface area contributed by atoms with Crippen molar-refractivity contribution in [3.05, 3.63) is 18.2 Å². The summed E-state index contributed by atoms with van der Waals surface area (Å²) in [5, 5.41) is 9.14. The van der Waals surface area contributed by atoms with E-state index in [1.807, 2.05) is 0 Å². The number of hydrogen-bond acceptors (Lipinski definition) is 4. The van der Waals surface area contributed by atoms with Gasteiger partial charge in [0.05, 0.1) is 0 Å². The molecular formula is C9H10O4. The molecule has 0 saturated heterocycles. The highest BCUT2D eigenvalue weighted by molar-refractivity contribution is 5.45. The van der Waals surface area contributed by atoms with Crippen LogP contribution in [-0.2, 0) is 4.74 Å². The molecule has 0 fully saturated rings. The van der Waals surface area contributed by atoms with Gasteiger partial charge in [-0.1, -0.05) is 0 Å². The number of benzene rings is 1. The molecule has 0 aromatic heterocycles. The maximum atomic E-state index is 9.14. The standard InChI is InChI=1S/C9H10O4/c1-11-9-5-12-8-4-6(10)2-3-7(8)13-9/h2-4,9-10H,5H2,1H3/t9-/m0/s1. The molecule has 4 heteroatoms. The molecule has 1 heterocycles. The highest BCUT2D eigenvalue weighted by Crippen LogP contribution is 2.34. The van der Waals surface area contributed by atoms with E-state index in [9.17, 15) is 0 Å². The van der Waals surface area contributed by atoms with Crippen LogP contribution in [0.3, 0.4) is 0 Å². The number of methoxy groups -OCH3 is 1. The Labute approximate surface area is 75.7 Å². The molecule has 1 atom stereocenters. The monoisotopic (exact) mass is 182 g/mol. The predicted molar refractivity (Wildman–Crippen MR) is 45.0 cm³/mol. The van der Waals surface area contributed by atoms with Crippen LogP contribution in [0.15, 0.2) is 18.2 Å². The zero-order valence-corrected chi connectivity index (χ0v) is 7.19. The fraction of sp³-hybridized carbons (Fsp3) is 0.333. The fourth-order valence-electron chi connectivity index (χ4n) is 1.16. The van der Waals surface area contributed by atoms with Gasteiger partial charge >= 0.3 is 0 Å². The fourth-order valence-corrected chi connectivity index (χ4v) is 1.16. The van der Waals surface area contributed by atoms with E-state index in [1.165, 1.54) is 6.07 Å². The minimum absolute atomic E-state index is 0.165. The number of fused-ring (bicyclic) bond motifs is 1. The number of phenols is 1. The van der Waals surface area contributed by atoms with Gasteiger partial charge in [0.2, 0.25) is 6.29 Å². The molecule has 70 valence electrons. The third-order valence-electron chi connectivity index (χ3n) is 1.82. The normalized spacial score (nSPS) is 19.9. The van der Waals surface area contributed by atoms with Gasteiger partial charge in [-0.25, -0.2) is 0 Å². The first-order valence-electron chi connectivity index (χ1n) is 3.95. The van der Waals surface area contributed by atoms with E-state index in [-0.39, 0.29) is 12.0 Å². The lowest BCUT2D eigenvalue weighted by Crippen LogP contribution is -2.30. The van der Waals surface area contributed by atoms with Crippen LogP contribution in [-0.4, -0.2) is 25.1 Å². The Morgan fingerprint density at radius 2 is 2.31 bits per heavy atom. The Bertz CT molecular complexity index is 310. The van der Waals surface area contributed by atoms with Crippen molar-refractivity contribution in [2.75, 3.05) is 13.7 Å². The van der Waals surface area contributed by atoms with E-state index in [2.05, 4.69) is 0 Å². The number of hydrogen-bond donors (Lipinski definition) is 1. The van der Waals surface area contributed by atoms with E-state index in [0.717, 1.165) is 0 Å². The minimum atomic E-state index is -0.364. The summed E-state index contributed by atoms with van der Waals surface area (Å²) in [5.74, 6) is 1.31. The summed E-state index contributed by atoms with van der Waals surface area (Å²) in [5.41, 5.74) is 0. The van der Waals surface area contributed by atoms with Gasteiger partial charge in [0.1, 0.15) is 5.75 Å². The summed E-state index contributed by atoms with van der Waals surface area (Å²) in [4.78, 5) is 0. The van der Waals surface area contributed by atoms with Gasteiger partial charge in [0.25, 0.3) is 0 Å². The average Bonchev–Trinajstić information content (AvgIpc) is 2.17. The first-order valence-corrected chi connectivity index (χ1v) is 3.95. The molecule has 0 unspecified atom stereocenters. The summed E-state index contributed by atoms with van der Waals surface area (Å²) >= 11 is 0. The van der Waals surface area contributed by atoms with Gasteiger partial charge in [0.15, 0.2) is 18.1 Å². The van der Waals surface area contributed by atoms with Crippen molar-refractivity contribution in [3.8, 4) is 17.2 Å². The number of phenolic OH excluding ortho intramolecular Hbond substituents is 1. The molecule has 0 amide bonds. The Kier molecular flexibility index (Phi) is 1.98. The summed E-state index contributed by atoms with van der Waals surface area (Å²) in [6.45, 7) is 0.340. The maximum Gasteiger partial charge on any atom is 0.234 e. The summed E-state index contributed by atoms with van der Waals surface area (Å²) < 4.78 is 15.6. The summed E-state index contributed by atoms with van der Waals surface area (Å²) in [7, 11) is 1.55. The van der Waals surface area contributed by atoms with E-state index >= 15 is 0 Å². The zero-order valence-electron chi connectivity index (χ0n) is 7.19. The summed E-state index contributed by atoms with van der Waals surface area (Å²) in [6.07, 6.45) is -0.364. The number of aromatic hydroxyl groups is 1. The average molecular weight is 182 g/mol. The third-order valence-corrected chi connectivity index (χ3v) is 1.82. The molecule has 0 bridgehead atoms. The molecule has 0 aliphatic carbocycles. The van der Waals surface area contributed by atoms with Crippen LogP contribution < -0.4 is 9.47 Å². The van der Waals surface area contributed by atoms with Gasteiger partial charge in [-0.3, -0.25) is 0 Å². The molecule has 1 aliphatic heterocycles. The van der Waals surface area contributed by atoms with Crippen LogP contribution in [0.2, 0.25) is 0 Å². The van der Waals surface area contributed by atoms with Crippen molar-refractivity contribution in [1.82, 2.24) is 0 Å². The Balaban J connectivity index is 2.26. The smallest absolute Gasteiger partial charge is 0.234 e. The maximum absolute atomic E-state index is 9.14. The lowest BCUT2D eigenvalue weighted by atomic mass is 10.3. The van der Waals surface area contributed by atoms with E-state index < -0.39 is 0 Å². The Morgan fingerprint density at radius 3 is 3.08 bits per heavy atom. The largest absolute Gasteiger partial charge is 0.508 e. The zero-order chi connectivity index (χ0) is 9.26. The van der Waals surface area contributed by atoms with Gasteiger partial charge in [-0.2, -0.15) is 0 Å². The first kappa shape index (κ1) is 8.19. The molecule has 2 rings (SSSR count). The van der Waals surface area contributed by atoms with Crippen LogP contribution >= 0.6 is 0 Å². The van der Waals surface area contributed by atoms with Crippen molar-refractivity contribution in [2.45, 2.75) is 6.29 Å². The molecule has 1 aliphatic rings. The topological polar surface area (TPSA) is 47.9 Å². The molecule has 0 saturated carbocycles. The van der Waals surface area contributed by atoms with Crippen molar-refractivity contribution < 1.29 is 19.3 Å². The molecule has 4 nitrogen and oxygen atoms in total. The van der Waals surface area contributed by atoms with E-state index in [4.69, 9.17) is 19.3 Å². The van der Waals surface area contributed by atoms with Crippen LogP contribution in [0.4, 0.5) is 0 Å². The first-order chi connectivity index (χ1) is 6.29. The van der Waals surface area contributed by atoms with Crippen LogP contribution in [0.25, 0.3) is 0 Å². The van der Waals surface area contributed by atoms with Crippen LogP contribution in [0.1, 0.15) is 0 Å². The molecule has 1 N–H and O–H groups in total. The number of rotatable bonds is 1. The van der Waals surface area contributed by atoms with Gasteiger partial charge < -0.3 is 19.3 Å². The van der Waals surface area contributed by atoms with Crippen molar-refractivity contribution in [3.63, 3.8) is 0 Å². The Morgan fingerprint density at radius 1 is 1.46 bits per heavy atom. The molecule has 1 aromatic rings. The molecule has 1 aromatic carbocycles. The molecular weight excluding hydrogens is 172 g/mol. The SMILES string of the molecule is CO[C@@H]1COc2cc(O)ccc2O1. The third kappa shape index (κ3) is 1.53. The second kappa shape index (κ2) is 3.14. The second-order valence-corrected chi connectivity index (χ2v) is 2.73. The van der Waals surface area contributed by atoms with E-state index in [1.54, 1.807) is 19.2 Å². The molecule has 13 heavy (non-hydrogen) atoms. The van der Waals surface area contributed by atoms with Gasteiger partial charge in [-0.05, 0) is 12.1 Å². The minimum Gasteiger partial charge on any atom is -0.508 e. The van der Waals surface area contributed by atoms with Gasteiger partial charge in [-0.15, -0.1) is 0 Å². The lowest BCUT2D eigenvalue weighted by Gasteiger charge is -2.24. The predicted octanol–water partition coefficient (Wildman–Crippen LogP) is 1.14. The summed E-state index contributed by atoms with van der Waals surface area (Å²) in [6, 6.07) is 4.71. The van der Waals surface area contributed by atoms with Crippen LogP contribution in [0, 0.1) is 0 Å². The lowest BCUT2D eigenvalue weighted by molar-refractivity contribution is -0.0943. The van der Waals surface area contributed by atoms with Crippen molar-refractivity contribution >= 4 is 0 Å². The second-order valence-electron chi connectivity index (χ2n) is 2.73. The quantitative estimate of drug-likeness (QED) is 0.707. The van der Waals surface area contributed by atoms with Gasteiger partial charge in [0, 0.05) is 13.2 Å². The Hall–Kier alpha value is -1.42. The van der Waals surface area contributed by atoms with Crippen molar-refractivity contribution in [2.24, 2.45) is 0 Å².